The van der Waals surface area contributed by atoms with E-state index >= 15 is 4.39 Å². The Bertz CT molecular complexity index is 925. The number of ketones is 2. The van der Waals surface area contributed by atoms with Crippen LogP contribution in [0.15, 0.2) is 23.8 Å². The van der Waals surface area contributed by atoms with E-state index in [9.17, 15) is 19.8 Å². The van der Waals surface area contributed by atoms with Gasteiger partial charge in [-0.3, -0.25) is 9.59 Å². The topological polar surface area (TPSA) is 93.1 Å². The molecule has 4 fully saturated rings. The van der Waals surface area contributed by atoms with Gasteiger partial charge in [-0.1, -0.05) is 18.6 Å². The van der Waals surface area contributed by atoms with Gasteiger partial charge in [0.05, 0.1) is 12.2 Å². The van der Waals surface area contributed by atoms with Crippen LogP contribution in [0.2, 0.25) is 0 Å². The van der Waals surface area contributed by atoms with Gasteiger partial charge in [0.1, 0.15) is 6.61 Å². The first-order valence-electron chi connectivity index (χ1n) is 11.2. The summed E-state index contributed by atoms with van der Waals surface area (Å²) in [5.74, 6) is -2.46. The lowest BCUT2D eigenvalue weighted by Gasteiger charge is -2.62. The van der Waals surface area contributed by atoms with E-state index in [2.05, 4.69) is 0 Å². The summed E-state index contributed by atoms with van der Waals surface area (Å²) in [6.45, 7) is 6.41. The Morgan fingerprint density at radius 3 is 2.65 bits per heavy atom. The van der Waals surface area contributed by atoms with E-state index in [1.165, 1.54) is 12.2 Å². The molecular formula is C24H31FO6. The number of halogens is 1. The van der Waals surface area contributed by atoms with Crippen molar-refractivity contribution in [3.8, 4) is 0 Å². The van der Waals surface area contributed by atoms with Gasteiger partial charge >= 0.3 is 0 Å². The standard InChI is InChI=1S/C24H31FO6/c1-20(2)30-19-10-16-15-6-5-13-9-14(27)7-8-21(13,3)23(15,25)17(28)11-22(16,4)24(19,31-20)18(29)12-26/h7-9,15-17,19,26,28H,5-6,10-12H2,1-4H3/t15-,16-,17-,19+,21?,22?,23-,24?/m0/s1. The first-order chi connectivity index (χ1) is 14.4. The molecule has 0 aromatic rings. The minimum Gasteiger partial charge on any atom is -0.390 e. The summed E-state index contributed by atoms with van der Waals surface area (Å²) in [5.41, 5.74) is -4.66. The number of Topliss-reactive ketones (excluding diaryl/α,β-unsaturated/α-hetero) is 1. The van der Waals surface area contributed by atoms with Crippen molar-refractivity contribution in [3.05, 3.63) is 23.8 Å². The van der Waals surface area contributed by atoms with E-state index in [1.54, 1.807) is 26.8 Å². The van der Waals surface area contributed by atoms with E-state index in [0.717, 1.165) is 5.57 Å². The molecule has 31 heavy (non-hydrogen) atoms. The molecule has 170 valence electrons. The van der Waals surface area contributed by atoms with Crippen molar-refractivity contribution in [1.29, 1.82) is 0 Å². The van der Waals surface area contributed by atoms with Crippen LogP contribution in [0.5, 0.6) is 0 Å². The number of hydrogen-bond donors (Lipinski definition) is 2. The zero-order valence-corrected chi connectivity index (χ0v) is 18.5. The van der Waals surface area contributed by atoms with Gasteiger partial charge in [0.15, 0.2) is 28.6 Å². The zero-order valence-electron chi connectivity index (χ0n) is 18.5. The zero-order chi connectivity index (χ0) is 22.6. The van der Waals surface area contributed by atoms with Crippen LogP contribution in [-0.4, -0.2) is 57.7 Å². The number of ether oxygens (including phenoxy) is 2. The van der Waals surface area contributed by atoms with Gasteiger partial charge in [-0.05, 0) is 64.5 Å². The van der Waals surface area contributed by atoms with Crippen LogP contribution in [0.3, 0.4) is 0 Å². The molecule has 4 aliphatic carbocycles. The number of aliphatic hydroxyl groups is 2. The van der Waals surface area contributed by atoms with Gasteiger partial charge in [-0.15, -0.1) is 0 Å². The summed E-state index contributed by atoms with van der Waals surface area (Å²) in [4.78, 5) is 25.1. The Balaban J connectivity index is 1.64. The number of rotatable bonds is 2. The Morgan fingerprint density at radius 2 is 1.97 bits per heavy atom. The second kappa shape index (κ2) is 6.13. The summed E-state index contributed by atoms with van der Waals surface area (Å²) >= 11 is 0. The van der Waals surface area contributed by atoms with Crippen LogP contribution in [0.4, 0.5) is 4.39 Å². The molecule has 2 N–H and O–H groups in total. The fourth-order valence-electron chi connectivity index (χ4n) is 7.93. The van der Waals surface area contributed by atoms with E-state index in [1.807, 2.05) is 6.92 Å². The maximum Gasteiger partial charge on any atom is 0.193 e. The number of hydrogen-bond acceptors (Lipinski definition) is 6. The Kier molecular flexibility index (Phi) is 4.24. The second-order valence-electron chi connectivity index (χ2n) is 10.9. The van der Waals surface area contributed by atoms with E-state index in [0.29, 0.717) is 19.3 Å². The number of allylic oxidation sites excluding steroid dienone is 4. The normalized spacial score (nSPS) is 52.1. The highest BCUT2D eigenvalue weighted by Crippen LogP contribution is 2.72. The SMILES string of the molecule is CC1(C)O[C@@H]2C[C@H]3[C@@H]4CCC5=CC(=O)C=CC5(C)[C@@]4(F)[C@@H](O)CC3(C)C2(C(=O)CO)O1. The molecule has 3 unspecified atom stereocenters. The van der Waals surface area contributed by atoms with Crippen molar-refractivity contribution in [1.82, 2.24) is 0 Å². The molecule has 1 saturated heterocycles. The molecule has 6 nitrogen and oxygen atoms in total. The highest BCUT2D eigenvalue weighted by atomic mass is 19.1. The molecule has 0 spiro atoms. The number of carbonyl (C=O) groups is 2. The summed E-state index contributed by atoms with van der Waals surface area (Å²) in [5, 5.41) is 21.2. The van der Waals surface area contributed by atoms with Crippen LogP contribution in [0.1, 0.15) is 53.4 Å². The predicted octanol–water partition coefficient (Wildman–Crippen LogP) is 2.42. The Morgan fingerprint density at radius 1 is 1.26 bits per heavy atom. The summed E-state index contributed by atoms with van der Waals surface area (Å²) < 4.78 is 29.5. The van der Waals surface area contributed by atoms with E-state index in [4.69, 9.17) is 9.47 Å². The number of aliphatic hydroxyl groups excluding tert-OH is 2. The second-order valence-corrected chi connectivity index (χ2v) is 10.9. The summed E-state index contributed by atoms with van der Waals surface area (Å²) in [7, 11) is 0. The van der Waals surface area contributed by atoms with Crippen LogP contribution in [0, 0.1) is 22.7 Å². The van der Waals surface area contributed by atoms with Gasteiger partial charge in [-0.2, -0.15) is 0 Å². The molecule has 7 heteroatoms. The van der Waals surface area contributed by atoms with Crippen molar-refractivity contribution < 1.29 is 33.7 Å². The molecule has 5 rings (SSSR count). The monoisotopic (exact) mass is 434 g/mol. The maximum absolute atomic E-state index is 17.1. The maximum atomic E-state index is 17.1. The molecule has 8 atom stereocenters. The Hall–Kier alpha value is -1.41. The van der Waals surface area contributed by atoms with Crippen molar-refractivity contribution in [2.75, 3.05) is 6.61 Å². The fourth-order valence-corrected chi connectivity index (χ4v) is 7.93. The van der Waals surface area contributed by atoms with Crippen molar-refractivity contribution in [2.24, 2.45) is 22.7 Å². The molecule has 0 aromatic carbocycles. The third-order valence-corrected chi connectivity index (χ3v) is 9.19. The molecule has 0 aromatic heterocycles. The lowest BCUT2D eigenvalue weighted by molar-refractivity contribution is -0.246. The van der Waals surface area contributed by atoms with Gasteiger partial charge in [-0.25, -0.2) is 4.39 Å². The molecular weight excluding hydrogens is 403 g/mol. The minimum absolute atomic E-state index is 0.0109. The molecule has 1 aliphatic heterocycles. The van der Waals surface area contributed by atoms with Crippen molar-refractivity contribution in [3.63, 3.8) is 0 Å². The van der Waals surface area contributed by atoms with Crippen LogP contribution >= 0.6 is 0 Å². The van der Waals surface area contributed by atoms with Crippen LogP contribution in [0.25, 0.3) is 0 Å². The average Bonchev–Trinajstić information content (AvgIpc) is 3.09. The highest BCUT2D eigenvalue weighted by molar-refractivity contribution is 6.01. The van der Waals surface area contributed by atoms with Gasteiger partial charge < -0.3 is 19.7 Å². The van der Waals surface area contributed by atoms with Gasteiger partial charge in [0, 0.05) is 16.7 Å². The number of fused-ring (bicyclic) bond motifs is 7. The van der Waals surface area contributed by atoms with Crippen molar-refractivity contribution >= 4 is 11.6 Å². The quantitative estimate of drug-likeness (QED) is 0.694. The fraction of sp³-hybridized carbons (Fsp3) is 0.750. The van der Waals surface area contributed by atoms with E-state index in [-0.39, 0.29) is 18.1 Å². The van der Waals surface area contributed by atoms with Crippen LogP contribution in [-0.2, 0) is 19.1 Å². The number of carbonyl (C=O) groups excluding carboxylic acids is 2. The third-order valence-electron chi connectivity index (χ3n) is 9.19. The molecule has 0 bridgehead atoms. The molecule has 0 amide bonds. The smallest absolute Gasteiger partial charge is 0.193 e. The first kappa shape index (κ1) is 21.4. The molecule has 3 saturated carbocycles. The summed E-state index contributed by atoms with van der Waals surface area (Å²) in [6, 6.07) is 0. The first-order valence-corrected chi connectivity index (χ1v) is 11.2. The van der Waals surface area contributed by atoms with Crippen LogP contribution < -0.4 is 0 Å². The van der Waals surface area contributed by atoms with Crippen molar-refractivity contribution in [2.45, 2.75) is 82.6 Å². The summed E-state index contributed by atoms with van der Waals surface area (Å²) in [6.07, 6.45) is 4.00. The Labute approximate surface area is 181 Å². The largest absolute Gasteiger partial charge is 0.390 e. The van der Waals surface area contributed by atoms with E-state index < -0.39 is 58.4 Å². The minimum atomic E-state index is -1.98. The van der Waals surface area contributed by atoms with Gasteiger partial charge in [0.25, 0.3) is 0 Å². The molecule has 5 aliphatic rings. The molecule has 1 heterocycles. The number of alkyl halides is 1. The highest BCUT2D eigenvalue weighted by Gasteiger charge is 2.79. The van der Waals surface area contributed by atoms with Gasteiger partial charge in [0.2, 0.25) is 0 Å². The molecule has 0 radical (unpaired) electrons. The lowest BCUT2D eigenvalue weighted by atomic mass is 9.44. The predicted molar refractivity (Wildman–Crippen MR) is 109 cm³/mol. The average molecular weight is 435 g/mol. The lowest BCUT2D eigenvalue weighted by Crippen LogP contribution is -2.70. The third kappa shape index (κ3) is 2.31.